The summed E-state index contributed by atoms with van der Waals surface area (Å²) < 4.78 is 0. The van der Waals surface area contributed by atoms with Crippen molar-refractivity contribution in [3.63, 3.8) is 0 Å². The lowest BCUT2D eigenvalue weighted by Gasteiger charge is -2.15. The second-order valence-electron chi connectivity index (χ2n) is 2.98. The Balaban J connectivity index is 2.57. The third kappa shape index (κ3) is 1.91. The second kappa shape index (κ2) is 3.19. The number of nitrogens with two attached hydrogens (primary N) is 1. The van der Waals surface area contributed by atoms with Gasteiger partial charge in [0.05, 0.1) is 11.3 Å². The molecule has 0 aromatic heterocycles. The van der Waals surface area contributed by atoms with Gasteiger partial charge in [-0.2, -0.15) is 0 Å². The van der Waals surface area contributed by atoms with Crippen molar-refractivity contribution in [2.75, 3.05) is 19.7 Å². The van der Waals surface area contributed by atoms with Gasteiger partial charge in [0.2, 0.25) is 0 Å². The first-order valence-corrected chi connectivity index (χ1v) is 3.85. The van der Waals surface area contributed by atoms with Gasteiger partial charge < -0.3 is 15.9 Å². The van der Waals surface area contributed by atoms with E-state index >= 15 is 0 Å². The molecule has 1 aliphatic heterocycles. The summed E-state index contributed by atoms with van der Waals surface area (Å²) in [6.07, 6.45) is 0. The predicted molar refractivity (Wildman–Crippen MR) is 44.5 cm³/mol. The molecule has 1 saturated heterocycles. The fraction of sp³-hybridized carbons (Fsp3) is 0.857. The average Bonchev–Trinajstić information content (AvgIpc) is 2.25. The molecule has 4 heteroatoms. The number of oxime groups is 1. The highest BCUT2D eigenvalue weighted by Gasteiger charge is 2.31. The summed E-state index contributed by atoms with van der Waals surface area (Å²) in [4.78, 5) is 4.92. The first-order chi connectivity index (χ1) is 5.17. The topological polar surface area (TPSA) is 59.6 Å². The molecule has 1 atom stereocenters. The molecule has 4 nitrogen and oxygen atoms in total. The van der Waals surface area contributed by atoms with Crippen molar-refractivity contribution in [1.29, 1.82) is 0 Å². The van der Waals surface area contributed by atoms with Crippen LogP contribution in [0.5, 0.6) is 0 Å². The van der Waals surface area contributed by atoms with E-state index in [1.165, 1.54) is 0 Å². The first kappa shape index (κ1) is 8.49. The van der Waals surface area contributed by atoms with Crippen molar-refractivity contribution < 1.29 is 4.84 Å². The molecule has 1 fully saturated rings. The van der Waals surface area contributed by atoms with Crippen LogP contribution in [-0.4, -0.2) is 30.9 Å². The van der Waals surface area contributed by atoms with Crippen LogP contribution in [0.2, 0.25) is 0 Å². The number of hydrogen-bond donors (Lipinski definition) is 2. The van der Waals surface area contributed by atoms with Crippen molar-refractivity contribution in [2.24, 2.45) is 10.9 Å². The van der Waals surface area contributed by atoms with Crippen molar-refractivity contribution in [3.05, 3.63) is 0 Å². The van der Waals surface area contributed by atoms with E-state index in [0.717, 1.165) is 18.8 Å². The molecule has 0 bridgehead atoms. The summed E-state index contributed by atoms with van der Waals surface area (Å²) in [5.41, 5.74) is 6.47. The Hall–Kier alpha value is -0.610. The molecule has 0 aliphatic carbocycles. The van der Waals surface area contributed by atoms with Crippen LogP contribution in [0.1, 0.15) is 13.8 Å². The number of rotatable bonds is 2. The summed E-state index contributed by atoms with van der Waals surface area (Å²) in [5.74, 6) is 0. The minimum atomic E-state index is -0.324. The highest BCUT2D eigenvalue weighted by molar-refractivity contribution is 5.96. The Morgan fingerprint density at radius 2 is 2.55 bits per heavy atom. The van der Waals surface area contributed by atoms with E-state index in [4.69, 9.17) is 10.6 Å². The van der Waals surface area contributed by atoms with Crippen LogP contribution < -0.4 is 11.1 Å². The maximum Gasteiger partial charge on any atom is 0.114 e. The monoisotopic (exact) mass is 157 g/mol. The van der Waals surface area contributed by atoms with Gasteiger partial charge in [-0.25, -0.2) is 0 Å². The summed E-state index contributed by atoms with van der Waals surface area (Å²) in [6, 6.07) is 0. The van der Waals surface area contributed by atoms with Crippen LogP contribution in [0.25, 0.3) is 0 Å². The van der Waals surface area contributed by atoms with Gasteiger partial charge in [-0.15, -0.1) is 0 Å². The van der Waals surface area contributed by atoms with E-state index in [2.05, 4.69) is 10.5 Å². The molecule has 0 spiro atoms. The lowest BCUT2D eigenvalue weighted by Crippen LogP contribution is -2.44. The molecule has 1 aliphatic rings. The van der Waals surface area contributed by atoms with Gasteiger partial charge >= 0.3 is 0 Å². The van der Waals surface area contributed by atoms with Gasteiger partial charge in [-0.1, -0.05) is 5.16 Å². The lowest BCUT2D eigenvalue weighted by atomic mass is 10.0. The van der Waals surface area contributed by atoms with Gasteiger partial charge in [0.1, 0.15) is 6.61 Å². The third-order valence-electron chi connectivity index (χ3n) is 1.75. The number of nitrogens with one attached hydrogen (secondary N) is 1. The van der Waals surface area contributed by atoms with Gasteiger partial charge in [0.25, 0.3) is 0 Å². The Morgan fingerprint density at radius 1 is 1.82 bits per heavy atom. The van der Waals surface area contributed by atoms with Gasteiger partial charge in [-0.05, 0) is 13.8 Å². The zero-order chi connectivity index (χ0) is 8.32. The number of hydrogen-bond acceptors (Lipinski definition) is 4. The smallest absolute Gasteiger partial charge is 0.114 e. The van der Waals surface area contributed by atoms with E-state index in [1.54, 1.807) is 0 Å². The molecule has 0 aromatic rings. The van der Waals surface area contributed by atoms with Crippen LogP contribution in [0, 0.1) is 0 Å². The van der Waals surface area contributed by atoms with E-state index in [9.17, 15) is 0 Å². The Morgan fingerprint density at radius 3 is 3.00 bits per heavy atom. The molecule has 0 amide bonds. The molecule has 1 heterocycles. The highest BCUT2D eigenvalue weighted by Crippen LogP contribution is 2.07. The Labute approximate surface area is 66.8 Å². The molecule has 1 rings (SSSR count). The largest absolute Gasteiger partial charge is 0.396 e. The Kier molecular flexibility index (Phi) is 2.46. The van der Waals surface area contributed by atoms with Crippen molar-refractivity contribution in [2.45, 2.75) is 19.4 Å². The normalized spacial score (nSPS) is 34.6. The second-order valence-corrected chi connectivity index (χ2v) is 2.98. The van der Waals surface area contributed by atoms with E-state index in [-0.39, 0.29) is 5.54 Å². The van der Waals surface area contributed by atoms with Gasteiger partial charge in [0.15, 0.2) is 0 Å². The summed E-state index contributed by atoms with van der Waals surface area (Å²) in [5, 5.41) is 7.06. The lowest BCUT2D eigenvalue weighted by molar-refractivity contribution is 0.157. The van der Waals surface area contributed by atoms with Gasteiger partial charge in [0, 0.05) is 13.1 Å². The Bertz CT molecular complexity index is 165. The molecule has 1 unspecified atom stereocenters. The van der Waals surface area contributed by atoms with Crippen LogP contribution in [0.3, 0.4) is 0 Å². The fourth-order valence-corrected chi connectivity index (χ4v) is 1.02. The molecule has 0 saturated carbocycles. The summed E-state index contributed by atoms with van der Waals surface area (Å²) in [7, 11) is 0. The zero-order valence-corrected chi connectivity index (χ0v) is 7.05. The average molecular weight is 157 g/mol. The van der Waals surface area contributed by atoms with Gasteiger partial charge in [-0.3, -0.25) is 0 Å². The molecule has 0 aromatic carbocycles. The van der Waals surface area contributed by atoms with Crippen LogP contribution in [0.4, 0.5) is 0 Å². The minimum Gasteiger partial charge on any atom is -0.396 e. The molecule has 0 radical (unpaired) electrons. The molecule has 11 heavy (non-hydrogen) atoms. The van der Waals surface area contributed by atoms with E-state index in [1.807, 2.05) is 13.8 Å². The minimum absolute atomic E-state index is 0.324. The fourth-order valence-electron chi connectivity index (χ4n) is 1.02. The van der Waals surface area contributed by atoms with Crippen LogP contribution >= 0.6 is 0 Å². The van der Waals surface area contributed by atoms with Crippen LogP contribution in [0.15, 0.2) is 5.16 Å². The summed E-state index contributed by atoms with van der Waals surface area (Å²) in [6.45, 7) is 5.97. The predicted octanol–water partition coefficient (Wildman–Crippen LogP) is -0.300. The van der Waals surface area contributed by atoms with Crippen LogP contribution in [-0.2, 0) is 4.84 Å². The number of nitrogens with zero attached hydrogens (tertiary/aromatic N) is 1. The molecule has 64 valence electrons. The third-order valence-corrected chi connectivity index (χ3v) is 1.75. The quantitative estimate of drug-likeness (QED) is 0.541. The maximum atomic E-state index is 5.89. The van der Waals surface area contributed by atoms with E-state index in [0.29, 0.717) is 6.61 Å². The van der Waals surface area contributed by atoms with E-state index < -0.39 is 0 Å². The first-order valence-electron chi connectivity index (χ1n) is 3.85. The molecular formula is C7H15N3O. The SMILES string of the molecule is CCON=C1CNCC1(C)N. The van der Waals surface area contributed by atoms with Crippen molar-refractivity contribution in [3.8, 4) is 0 Å². The molecule has 3 N–H and O–H groups in total. The standard InChI is InChI=1S/C7H15N3O/c1-3-11-10-6-4-9-5-7(6,2)8/h9H,3-5,8H2,1-2H3. The van der Waals surface area contributed by atoms with Crippen molar-refractivity contribution in [1.82, 2.24) is 5.32 Å². The summed E-state index contributed by atoms with van der Waals surface area (Å²) >= 11 is 0. The zero-order valence-electron chi connectivity index (χ0n) is 7.05. The molecular weight excluding hydrogens is 142 g/mol. The highest BCUT2D eigenvalue weighted by atomic mass is 16.6. The van der Waals surface area contributed by atoms with Crippen molar-refractivity contribution >= 4 is 5.71 Å². The maximum absolute atomic E-state index is 5.89.